The highest BCUT2D eigenvalue weighted by Gasteiger charge is 2.35. The average Bonchev–Trinajstić information content (AvgIpc) is 3.36. The lowest BCUT2D eigenvalue weighted by atomic mass is 9.99. The molecule has 4 rings (SSSR count). The highest BCUT2D eigenvalue weighted by atomic mass is 16.7. The Bertz CT molecular complexity index is 1780. The number of carbonyl (C=O) groups is 4. The first-order chi connectivity index (χ1) is 26.2. The molecule has 55 heavy (non-hydrogen) atoms. The minimum absolute atomic E-state index is 0.0276. The first-order valence-corrected chi connectivity index (χ1v) is 18.5. The number of amides is 2. The number of anilines is 1. The smallest absolute Gasteiger partial charge is 0.410 e. The van der Waals surface area contributed by atoms with Crippen LogP contribution in [0.1, 0.15) is 95.2 Å². The summed E-state index contributed by atoms with van der Waals surface area (Å²) in [5.41, 5.74) is 3.13. The Balaban J connectivity index is 1.59. The minimum atomic E-state index is -0.778. The molecule has 3 aromatic rings. The maximum Gasteiger partial charge on any atom is 0.410 e. The molecule has 2 amide bonds. The van der Waals surface area contributed by atoms with E-state index in [1.165, 1.54) is 24.1 Å². The van der Waals surface area contributed by atoms with Gasteiger partial charge < -0.3 is 43.5 Å². The number of ketones is 1. The molecular formula is C42H55N3O10. The molecule has 13 nitrogen and oxygen atoms in total. The van der Waals surface area contributed by atoms with E-state index in [2.05, 4.69) is 5.32 Å². The Hall–Kier alpha value is -5.14. The van der Waals surface area contributed by atoms with E-state index >= 15 is 0 Å². The fourth-order valence-electron chi connectivity index (χ4n) is 6.21. The molecule has 1 heterocycles. The Morgan fingerprint density at radius 3 is 2.04 bits per heavy atom. The molecule has 13 heteroatoms. The number of carbonyl (C=O) groups excluding carboxylic acids is 4. The van der Waals surface area contributed by atoms with E-state index in [0.29, 0.717) is 60.4 Å². The van der Waals surface area contributed by atoms with Gasteiger partial charge in [0.05, 0.1) is 17.2 Å². The lowest BCUT2D eigenvalue weighted by Crippen LogP contribution is -2.51. The predicted molar refractivity (Wildman–Crippen MR) is 208 cm³/mol. The molecule has 1 fully saturated rings. The van der Waals surface area contributed by atoms with E-state index in [4.69, 9.17) is 28.4 Å². The van der Waals surface area contributed by atoms with Gasteiger partial charge in [0.15, 0.2) is 19.4 Å². The van der Waals surface area contributed by atoms with Crippen LogP contribution < -0.4 is 19.7 Å². The Morgan fingerprint density at radius 1 is 0.836 bits per heavy atom. The van der Waals surface area contributed by atoms with Gasteiger partial charge in [-0.05, 0) is 100 Å². The summed E-state index contributed by atoms with van der Waals surface area (Å²) >= 11 is 0. The molecule has 0 bridgehead atoms. The summed E-state index contributed by atoms with van der Waals surface area (Å²) in [7, 11) is 6.80. The van der Waals surface area contributed by atoms with Gasteiger partial charge in [-0.25, -0.2) is 9.59 Å². The van der Waals surface area contributed by atoms with Gasteiger partial charge in [0, 0.05) is 58.2 Å². The molecule has 2 atom stereocenters. The van der Waals surface area contributed by atoms with Crippen molar-refractivity contribution in [3.63, 3.8) is 0 Å². The number of nitrogens with zero attached hydrogens (tertiary/aromatic N) is 2. The molecule has 3 aromatic carbocycles. The summed E-state index contributed by atoms with van der Waals surface area (Å²) in [4.78, 5) is 58.0. The van der Waals surface area contributed by atoms with Crippen molar-refractivity contribution in [1.82, 2.24) is 10.2 Å². The third-order valence-electron chi connectivity index (χ3n) is 9.04. The summed E-state index contributed by atoms with van der Waals surface area (Å²) in [6, 6.07) is 14.3. The van der Waals surface area contributed by atoms with Gasteiger partial charge in [0.25, 0.3) is 5.91 Å². The van der Waals surface area contributed by atoms with Crippen molar-refractivity contribution < 1.29 is 47.6 Å². The largest absolute Gasteiger partial charge is 0.467 e. The number of benzene rings is 3. The zero-order chi connectivity index (χ0) is 40.3. The minimum Gasteiger partial charge on any atom is -0.467 e. The summed E-state index contributed by atoms with van der Waals surface area (Å²) in [5.74, 6) is -0.242. The highest BCUT2D eigenvalue weighted by molar-refractivity contribution is 6.11. The lowest BCUT2D eigenvalue weighted by molar-refractivity contribution is 0.0127. The number of likely N-dealkylation sites (tertiary alicyclic amines) is 1. The quantitative estimate of drug-likeness (QED) is 0.104. The Kier molecular flexibility index (Phi) is 15.1. The van der Waals surface area contributed by atoms with Gasteiger partial charge >= 0.3 is 12.1 Å². The number of ether oxygens (including phenoxy) is 6. The second-order valence-electron chi connectivity index (χ2n) is 14.5. The van der Waals surface area contributed by atoms with Crippen LogP contribution in [0.2, 0.25) is 0 Å². The Morgan fingerprint density at radius 2 is 1.45 bits per heavy atom. The fourth-order valence-corrected chi connectivity index (χ4v) is 6.21. The van der Waals surface area contributed by atoms with E-state index in [1.54, 1.807) is 64.3 Å². The van der Waals surface area contributed by atoms with Crippen molar-refractivity contribution in [2.45, 2.75) is 78.0 Å². The molecule has 0 saturated carbocycles. The molecule has 1 aliphatic heterocycles. The zero-order valence-electron chi connectivity index (χ0n) is 33.5. The normalized spacial score (nSPS) is 15.8. The van der Waals surface area contributed by atoms with Gasteiger partial charge in [-0.15, -0.1) is 0 Å². The van der Waals surface area contributed by atoms with Crippen molar-refractivity contribution in [2.75, 3.05) is 59.9 Å². The first kappa shape index (κ1) is 42.6. The molecule has 0 spiro atoms. The van der Waals surface area contributed by atoms with Crippen LogP contribution in [0.15, 0.2) is 54.6 Å². The third kappa shape index (κ3) is 11.4. The predicted octanol–water partition coefficient (Wildman–Crippen LogP) is 6.43. The van der Waals surface area contributed by atoms with Gasteiger partial charge in [-0.1, -0.05) is 26.0 Å². The molecule has 1 aliphatic rings. The molecule has 298 valence electrons. The number of nitrogens with one attached hydrogen (secondary N) is 1. The van der Waals surface area contributed by atoms with Crippen LogP contribution in [-0.4, -0.2) is 101 Å². The number of rotatable bonds is 15. The van der Waals surface area contributed by atoms with E-state index in [9.17, 15) is 19.2 Å². The second kappa shape index (κ2) is 19.4. The monoisotopic (exact) mass is 761 g/mol. The second-order valence-corrected chi connectivity index (χ2v) is 14.5. The Labute approximate surface area is 324 Å². The molecule has 1 N–H and O–H groups in total. The number of esters is 1. The van der Waals surface area contributed by atoms with Crippen LogP contribution in [0.5, 0.6) is 11.5 Å². The summed E-state index contributed by atoms with van der Waals surface area (Å²) < 4.78 is 33.4. The topological polar surface area (TPSA) is 142 Å². The van der Waals surface area contributed by atoms with E-state index in [0.717, 1.165) is 16.8 Å². The van der Waals surface area contributed by atoms with Gasteiger partial charge in [0.1, 0.15) is 23.2 Å². The van der Waals surface area contributed by atoms with E-state index in [1.807, 2.05) is 38.9 Å². The highest BCUT2D eigenvalue weighted by Crippen LogP contribution is 2.29. The number of methoxy groups -OCH3 is 2. The van der Waals surface area contributed by atoms with Crippen LogP contribution in [0.3, 0.4) is 0 Å². The zero-order valence-corrected chi connectivity index (χ0v) is 33.5. The summed E-state index contributed by atoms with van der Waals surface area (Å²) in [6.07, 6.45) is 0.829. The fraction of sp³-hybridized carbons (Fsp3) is 0.476. The van der Waals surface area contributed by atoms with E-state index in [-0.39, 0.29) is 37.4 Å². The lowest BCUT2D eigenvalue weighted by Gasteiger charge is -2.31. The molecule has 0 aliphatic carbocycles. The van der Waals surface area contributed by atoms with Gasteiger partial charge in [0.2, 0.25) is 0 Å². The number of hydrogen-bond donors (Lipinski definition) is 1. The van der Waals surface area contributed by atoms with Gasteiger partial charge in [-0.3, -0.25) is 9.59 Å². The maximum absolute atomic E-state index is 13.9. The summed E-state index contributed by atoms with van der Waals surface area (Å²) in [6.45, 7) is 9.79. The molecule has 0 aromatic heterocycles. The van der Waals surface area contributed by atoms with Crippen LogP contribution in [-0.2, 0) is 31.8 Å². The van der Waals surface area contributed by atoms with Crippen LogP contribution >= 0.6 is 0 Å². The van der Waals surface area contributed by atoms with Crippen molar-refractivity contribution in [3.05, 3.63) is 88.0 Å². The van der Waals surface area contributed by atoms with Gasteiger partial charge in [-0.2, -0.15) is 0 Å². The van der Waals surface area contributed by atoms with E-state index < -0.39 is 29.8 Å². The third-order valence-corrected chi connectivity index (χ3v) is 9.04. The SMILES string of the molecule is CCc1cc(C(=O)N[C@@H]2CN(C(=O)OC(C)(C)C)CCC[C@H]2OC(=O)c2ccc(C(=O)c3cc(N(C)C)ccc3OCOC)cc2)cc(CC)c1OCOC. The van der Waals surface area contributed by atoms with Crippen LogP contribution in [0.4, 0.5) is 10.5 Å². The van der Waals surface area contributed by atoms with Crippen molar-refractivity contribution in [2.24, 2.45) is 0 Å². The first-order valence-electron chi connectivity index (χ1n) is 18.5. The number of hydrogen-bond acceptors (Lipinski definition) is 11. The molecule has 1 saturated heterocycles. The van der Waals surface area contributed by atoms with Crippen molar-refractivity contribution >= 4 is 29.4 Å². The number of aryl methyl sites for hydroxylation is 2. The van der Waals surface area contributed by atoms with Crippen LogP contribution in [0, 0.1) is 0 Å². The average molecular weight is 762 g/mol. The maximum atomic E-state index is 13.9. The van der Waals surface area contributed by atoms with Crippen LogP contribution in [0.25, 0.3) is 0 Å². The summed E-state index contributed by atoms with van der Waals surface area (Å²) in [5, 5.41) is 3.07. The molecule has 0 unspecified atom stereocenters. The van der Waals surface area contributed by atoms with Crippen molar-refractivity contribution in [1.29, 1.82) is 0 Å². The standard InChI is InChI=1S/C42H55N3O10/c1-10-27-21-31(22-28(11-2)38(27)53-26-51-9)39(47)43-34-24-45(41(49)55-42(3,4)5)20-12-13-36(34)54-40(48)30-16-14-29(15-17-30)37(46)33-23-32(44(6)7)18-19-35(33)52-25-50-8/h14-19,21-23,34,36H,10-13,20,24-26H2,1-9H3,(H,43,47)/t34-,36-/m1/s1. The molecular weight excluding hydrogens is 706 g/mol. The molecule has 0 radical (unpaired) electrons. The van der Waals surface area contributed by atoms with Crippen molar-refractivity contribution in [3.8, 4) is 11.5 Å².